The lowest BCUT2D eigenvalue weighted by Crippen LogP contribution is -2.03. The standard InChI is InChI=1S/C9H13N3/c1-11-4-2-3-8-5-9(10)7-12-6-8/h2-3,5-7,11H,4,10H2,1H3. The van der Waals surface area contributed by atoms with Gasteiger partial charge in [-0.2, -0.15) is 0 Å². The molecule has 1 aromatic rings. The lowest BCUT2D eigenvalue weighted by molar-refractivity contribution is 0.922. The van der Waals surface area contributed by atoms with Gasteiger partial charge in [-0.15, -0.1) is 0 Å². The first kappa shape index (κ1) is 8.74. The highest BCUT2D eigenvalue weighted by molar-refractivity contribution is 5.53. The van der Waals surface area contributed by atoms with Crippen LogP contribution in [0.5, 0.6) is 0 Å². The number of nitrogens with zero attached hydrogens (tertiary/aromatic N) is 1. The van der Waals surface area contributed by atoms with E-state index in [0.717, 1.165) is 12.1 Å². The summed E-state index contributed by atoms with van der Waals surface area (Å²) in [4.78, 5) is 3.97. The summed E-state index contributed by atoms with van der Waals surface area (Å²) in [7, 11) is 1.90. The lowest BCUT2D eigenvalue weighted by atomic mass is 10.2. The van der Waals surface area contributed by atoms with Gasteiger partial charge in [0.1, 0.15) is 0 Å². The third kappa shape index (κ3) is 2.72. The Bertz CT molecular complexity index is 268. The molecule has 0 aromatic carbocycles. The molecule has 3 nitrogen and oxygen atoms in total. The van der Waals surface area contributed by atoms with Crippen molar-refractivity contribution in [2.24, 2.45) is 0 Å². The van der Waals surface area contributed by atoms with Crippen molar-refractivity contribution in [1.29, 1.82) is 0 Å². The highest BCUT2D eigenvalue weighted by atomic mass is 14.8. The van der Waals surface area contributed by atoms with Gasteiger partial charge < -0.3 is 11.1 Å². The Morgan fingerprint density at radius 3 is 3.08 bits per heavy atom. The number of aromatic nitrogens is 1. The zero-order chi connectivity index (χ0) is 8.81. The molecule has 0 aliphatic heterocycles. The summed E-state index contributed by atoms with van der Waals surface area (Å²) in [6, 6.07) is 1.89. The SMILES string of the molecule is CNCC=Cc1cncc(N)c1. The molecule has 1 heterocycles. The van der Waals surface area contributed by atoms with Crippen molar-refractivity contribution >= 4 is 11.8 Å². The molecule has 0 spiro atoms. The molecule has 0 aliphatic carbocycles. The largest absolute Gasteiger partial charge is 0.397 e. The van der Waals surface area contributed by atoms with Crippen LogP contribution >= 0.6 is 0 Å². The van der Waals surface area contributed by atoms with Crippen LogP contribution in [0.3, 0.4) is 0 Å². The maximum absolute atomic E-state index is 5.55. The van der Waals surface area contributed by atoms with Crippen LogP contribution in [0.4, 0.5) is 5.69 Å². The molecule has 0 amide bonds. The predicted molar refractivity (Wildman–Crippen MR) is 51.6 cm³/mol. The van der Waals surface area contributed by atoms with Crippen molar-refractivity contribution < 1.29 is 0 Å². The molecule has 0 bridgehead atoms. The summed E-state index contributed by atoms with van der Waals surface area (Å²) < 4.78 is 0. The number of pyridine rings is 1. The first-order valence-electron chi connectivity index (χ1n) is 3.84. The van der Waals surface area contributed by atoms with Crippen LogP contribution in [0.15, 0.2) is 24.5 Å². The molecule has 0 saturated carbocycles. The van der Waals surface area contributed by atoms with Gasteiger partial charge in [0.25, 0.3) is 0 Å². The van der Waals surface area contributed by atoms with E-state index in [1.165, 1.54) is 0 Å². The van der Waals surface area contributed by atoms with Crippen LogP contribution in [-0.2, 0) is 0 Å². The molecule has 0 fully saturated rings. The first-order valence-corrected chi connectivity index (χ1v) is 3.84. The smallest absolute Gasteiger partial charge is 0.0506 e. The molecule has 64 valence electrons. The van der Waals surface area contributed by atoms with Gasteiger partial charge in [0.2, 0.25) is 0 Å². The van der Waals surface area contributed by atoms with E-state index in [9.17, 15) is 0 Å². The lowest BCUT2D eigenvalue weighted by Gasteiger charge is -1.94. The van der Waals surface area contributed by atoms with E-state index in [0.29, 0.717) is 5.69 Å². The van der Waals surface area contributed by atoms with Gasteiger partial charge in [-0.05, 0) is 18.7 Å². The molecule has 0 aliphatic rings. The van der Waals surface area contributed by atoms with E-state index < -0.39 is 0 Å². The van der Waals surface area contributed by atoms with Crippen molar-refractivity contribution in [3.8, 4) is 0 Å². The van der Waals surface area contributed by atoms with Gasteiger partial charge in [0.15, 0.2) is 0 Å². The average molecular weight is 163 g/mol. The quantitative estimate of drug-likeness (QED) is 0.696. The van der Waals surface area contributed by atoms with E-state index in [4.69, 9.17) is 5.73 Å². The van der Waals surface area contributed by atoms with Crippen LogP contribution in [0.25, 0.3) is 6.08 Å². The second-order valence-corrected chi connectivity index (χ2v) is 2.51. The Kier molecular flexibility index (Phi) is 3.29. The normalized spacial score (nSPS) is 10.8. The number of nitrogen functional groups attached to an aromatic ring is 1. The van der Waals surface area contributed by atoms with E-state index in [1.807, 2.05) is 25.3 Å². The Morgan fingerprint density at radius 2 is 2.42 bits per heavy atom. The monoisotopic (exact) mass is 163 g/mol. The number of nitrogens with two attached hydrogens (primary N) is 1. The summed E-state index contributed by atoms with van der Waals surface area (Å²) >= 11 is 0. The molecule has 0 saturated heterocycles. The number of anilines is 1. The average Bonchev–Trinajstić information content (AvgIpc) is 2.05. The maximum atomic E-state index is 5.55. The van der Waals surface area contributed by atoms with Gasteiger partial charge in [-0.1, -0.05) is 12.2 Å². The summed E-state index contributed by atoms with van der Waals surface area (Å²) in [5.41, 5.74) is 7.28. The van der Waals surface area contributed by atoms with E-state index in [1.54, 1.807) is 12.4 Å². The summed E-state index contributed by atoms with van der Waals surface area (Å²) in [6.45, 7) is 0.856. The molecule has 0 radical (unpaired) electrons. The topological polar surface area (TPSA) is 50.9 Å². The van der Waals surface area contributed by atoms with Gasteiger partial charge >= 0.3 is 0 Å². The summed E-state index contributed by atoms with van der Waals surface area (Å²) in [6.07, 6.45) is 7.42. The van der Waals surface area contributed by atoms with E-state index in [-0.39, 0.29) is 0 Å². The maximum Gasteiger partial charge on any atom is 0.0506 e. The van der Waals surface area contributed by atoms with E-state index in [2.05, 4.69) is 10.3 Å². The Morgan fingerprint density at radius 1 is 1.58 bits per heavy atom. The molecular formula is C9H13N3. The third-order valence-electron chi connectivity index (χ3n) is 1.41. The predicted octanol–water partition coefficient (Wildman–Crippen LogP) is 0.896. The van der Waals surface area contributed by atoms with Crippen molar-refractivity contribution in [1.82, 2.24) is 10.3 Å². The number of nitrogens with one attached hydrogen (secondary N) is 1. The van der Waals surface area contributed by atoms with Crippen molar-refractivity contribution in [3.05, 3.63) is 30.1 Å². The molecule has 3 heteroatoms. The molecule has 0 atom stereocenters. The van der Waals surface area contributed by atoms with Crippen molar-refractivity contribution in [2.75, 3.05) is 19.3 Å². The Labute approximate surface area is 72.3 Å². The summed E-state index contributed by atoms with van der Waals surface area (Å²) in [5, 5.41) is 3.01. The van der Waals surface area contributed by atoms with Gasteiger partial charge in [-0.3, -0.25) is 4.98 Å². The molecule has 1 aromatic heterocycles. The number of likely N-dealkylation sites (N-methyl/N-ethyl adjacent to an activating group) is 1. The number of hydrogen-bond acceptors (Lipinski definition) is 3. The van der Waals surface area contributed by atoms with Crippen LogP contribution in [0, 0.1) is 0 Å². The van der Waals surface area contributed by atoms with Crippen LogP contribution in [0.1, 0.15) is 5.56 Å². The van der Waals surface area contributed by atoms with E-state index >= 15 is 0 Å². The second-order valence-electron chi connectivity index (χ2n) is 2.51. The highest BCUT2D eigenvalue weighted by Gasteiger charge is 1.87. The third-order valence-corrected chi connectivity index (χ3v) is 1.41. The number of hydrogen-bond donors (Lipinski definition) is 2. The van der Waals surface area contributed by atoms with Crippen LogP contribution < -0.4 is 11.1 Å². The first-order chi connectivity index (χ1) is 5.83. The van der Waals surface area contributed by atoms with Gasteiger partial charge in [0, 0.05) is 18.9 Å². The summed E-state index contributed by atoms with van der Waals surface area (Å²) in [5.74, 6) is 0. The highest BCUT2D eigenvalue weighted by Crippen LogP contribution is 2.04. The fraction of sp³-hybridized carbons (Fsp3) is 0.222. The van der Waals surface area contributed by atoms with Crippen LogP contribution in [-0.4, -0.2) is 18.6 Å². The molecular weight excluding hydrogens is 150 g/mol. The van der Waals surface area contributed by atoms with Crippen molar-refractivity contribution in [2.45, 2.75) is 0 Å². The van der Waals surface area contributed by atoms with Gasteiger partial charge in [0.05, 0.1) is 5.69 Å². The zero-order valence-corrected chi connectivity index (χ0v) is 7.12. The molecule has 3 N–H and O–H groups in total. The molecule has 1 rings (SSSR count). The van der Waals surface area contributed by atoms with Crippen LogP contribution in [0.2, 0.25) is 0 Å². The zero-order valence-electron chi connectivity index (χ0n) is 7.12. The fourth-order valence-electron chi connectivity index (χ4n) is 0.880. The minimum Gasteiger partial charge on any atom is -0.397 e. The molecule has 0 unspecified atom stereocenters. The fourth-order valence-corrected chi connectivity index (χ4v) is 0.880. The molecule has 12 heavy (non-hydrogen) atoms. The minimum atomic E-state index is 0.696. The Balaban J connectivity index is 2.63. The van der Waals surface area contributed by atoms with Crippen molar-refractivity contribution in [3.63, 3.8) is 0 Å². The second kappa shape index (κ2) is 4.51. The minimum absolute atomic E-state index is 0.696. The Hall–Kier alpha value is -1.35. The van der Waals surface area contributed by atoms with Gasteiger partial charge in [-0.25, -0.2) is 0 Å². The number of rotatable bonds is 3.